The van der Waals surface area contributed by atoms with Crippen LogP contribution in [0.5, 0.6) is 0 Å². The number of nitrogens with zero attached hydrogens (tertiary/aromatic N) is 4. The van der Waals surface area contributed by atoms with Gasteiger partial charge in [0.1, 0.15) is 12.6 Å². The smallest absolute Gasteiger partial charge is 0.324 e. The third kappa shape index (κ3) is 10.5. The van der Waals surface area contributed by atoms with Crippen LogP contribution in [-0.4, -0.2) is 86.1 Å². The molecular formula is C35H36N4O12S2. The average molecular weight is 769 g/mol. The minimum atomic E-state index is -4.71. The van der Waals surface area contributed by atoms with Crippen LogP contribution in [0.3, 0.4) is 0 Å². The zero-order valence-electron chi connectivity index (χ0n) is 29.1. The van der Waals surface area contributed by atoms with E-state index in [-0.39, 0.29) is 24.3 Å². The Kier molecular flexibility index (Phi) is 14.7. The van der Waals surface area contributed by atoms with Gasteiger partial charge in [-0.25, -0.2) is 16.8 Å². The number of hydrogen-bond donors (Lipinski definition) is 0. The lowest BCUT2D eigenvalue weighted by Gasteiger charge is -2.30. The van der Waals surface area contributed by atoms with E-state index in [2.05, 4.69) is 23.7 Å². The molecule has 0 bridgehead atoms. The number of carbonyl (C=O) groups is 2. The van der Waals surface area contributed by atoms with Crippen molar-refractivity contribution in [2.24, 2.45) is 5.92 Å². The maximum absolute atomic E-state index is 14.0. The lowest BCUT2D eigenvalue weighted by molar-refractivity contribution is -0.388. The molecule has 0 amide bonds. The summed E-state index contributed by atoms with van der Waals surface area (Å²) in [6.45, 7) is 4.16. The molecule has 0 saturated heterocycles. The summed E-state index contributed by atoms with van der Waals surface area (Å²) < 4.78 is 66.5. The molecule has 3 aromatic carbocycles. The molecular weight excluding hydrogens is 733 g/mol. The number of nitro groups is 2. The molecule has 53 heavy (non-hydrogen) atoms. The Morgan fingerprint density at radius 1 is 0.717 bits per heavy atom. The number of esters is 2. The fourth-order valence-electron chi connectivity index (χ4n) is 4.91. The highest BCUT2D eigenvalue weighted by atomic mass is 32.2. The molecule has 0 spiro atoms. The summed E-state index contributed by atoms with van der Waals surface area (Å²) in [7, 11) is -9.35. The van der Waals surface area contributed by atoms with Crippen molar-refractivity contribution in [1.82, 2.24) is 8.61 Å². The summed E-state index contributed by atoms with van der Waals surface area (Å²) in [5.74, 6) is 8.53. The SMILES string of the molecule is CCOC(=O)CN(CC#Cc1ccccc1C#CCN([C@H](C(=O)OCC)C(C)C)S(=O)(=O)c1ccccc1[N+](=O)[O-])S(=O)(=O)c1ccccc1[N+](=O)[O-]. The molecule has 0 heterocycles. The van der Waals surface area contributed by atoms with Gasteiger partial charge in [0.25, 0.3) is 31.4 Å². The molecule has 18 heteroatoms. The summed E-state index contributed by atoms with van der Waals surface area (Å²) in [6.07, 6.45) is 0. The monoisotopic (exact) mass is 768 g/mol. The van der Waals surface area contributed by atoms with Gasteiger partial charge < -0.3 is 9.47 Å². The summed E-state index contributed by atoms with van der Waals surface area (Å²) in [6, 6.07) is 14.3. The molecule has 16 nitrogen and oxygen atoms in total. The summed E-state index contributed by atoms with van der Waals surface area (Å²) in [5, 5.41) is 23.3. The Hall–Kier alpha value is -5.66. The van der Waals surface area contributed by atoms with E-state index in [4.69, 9.17) is 9.47 Å². The van der Waals surface area contributed by atoms with Crippen LogP contribution in [-0.2, 0) is 39.1 Å². The van der Waals surface area contributed by atoms with Crippen molar-refractivity contribution in [3.63, 3.8) is 0 Å². The minimum absolute atomic E-state index is 0.0470. The lowest BCUT2D eigenvalue weighted by Crippen LogP contribution is -2.49. The van der Waals surface area contributed by atoms with Crippen LogP contribution in [0.4, 0.5) is 11.4 Å². The largest absolute Gasteiger partial charge is 0.465 e. The first-order valence-electron chi connectivity index (χ1n) is 16.0. The number of benzene rings is 3. The van der Waals surface area contributed by atoms with Gasteiger partial charge in [-0.05, 0) is 44.0 Å². The fourth-order valence-corrected chi connectivity index (χ4v) is 8.13. The predicted molar refractivity (Wildman–Crippen MR) is 191 cm³/mol. The molecule has 0 unspecified atom stereocenters. The van der Waals surface area contributed by atoms with Crippen molar-refractivity contribution in [3.05, 3.63) is 104 Å². The molecule has 0 aromatic heterocycles. The molecule has 0 fully saturated rings. The van der Waals surface area contributed by atoms with Gasteiger partial charge in [0.15, 0.2) is 9.79 Å². The van der Waals surface area contributed by atoms with E-state index < -0.39 is 94.6 Å². The third-order valence-electron chi connectivity index (χ3n) is 7.27. The summed E-state index contributed by atoms with van der Waals surface area (Å²) in [4.78, 5) is 45.8. The Balaban J connectivity index is 2.05. The summed E-state index contributed by atoms with van der Waals surface area (Å²) in [5.41, 5.74) is -0.870. The number of para-hydroxylation sites is 2. The molecule has 0 radical (unpaired) electrons. The van der Waals surface area contributed by atoms with Gasteiger partial charge in [0.2, 0.25) is 0 Å². The zero-order valence-corrected chi connectivity index (χ0v) is 30.8. The average Bonchev–Trinajstić information content (AvgIpc) is 3.11. The second-order valence-corrected chi connectivity index (χ2v) is 14.9. The van der Waals surface area contributed by atoms with Crippen molar-refractivity contribution >= 4 is 43.4 Å². The number of ether oxygens (including phenoxy) is 2. The normalized spacial score (nSPS) is 11.9. The minimum Gasteiger partial charge on any atom is -0.465 e. The number of nitro benzene ring substituents is 2. The second-order valence-electron chi connectivity index (χ2n) is 11.2. The van der Waals surface area contributed by atoms with E-state index in [0.29, 0.717) is 4.31 Å². The molecule has 0 saturated carbocycles. The van der Waals surface area contributed by atoms with Crippen LogP contribution in [0.2, 0.25) is 0 Å². The van der Waals surface area contributed by atoms with Crippen LogP contribution in [0, 0.1) is 49.8 Å². The maximum atomic E-state index is 14.0. The lowest BCUT2D eigenvalue weighted by atomic mass is 10.0. The van der Waals surface area contributed by atoms with Crippen LogP contribution in [0.1, 0.15) is 38.8 Å². The molecule has 0 aliphatic rings. The van der Waals surface area contributed by atoms with Crippen LogP contribution in [0.15, 0.2) is 82.6 Å². The van der Waals surface area contributed by atoms with Crippen molar-refractivity contribution in [2.75, 3.05) is 32.8 Å². The van der Waals surface area contributed by atoms with Gasteiger partial charge in [0, 0.05) is 23.3 Å². The van der Waals surface area contributed by atoms with Gasteiger partial charge in [-0.2, -0.15) is 8.61 Å². The van der Waals surface area contributed by atoms with Gasteiger partial charge >= 0.3 is 11.9 Å². The number of hydrogen-bond acceptors (Lipinski definition) is 12. The maximum Gasteiger partial charge on any atom is 0.324 e. The van der Waals surface area contributed by atoms with Gasteiger partial charge in [-0.3, -0.25) is 29.8 Å². The van der Waals surface area contributed by atoms with Crippen LogP contribution >= 0.6 is 0 Å². The standard InChI is InChI=1S/C35H36N4O12S2/c1-5-50-33(40)25-36(52(46,47)31-21-11-9-19-29(31)38(42)43)23-13-17-27-15-7-8-16-28(27)18-14-24-37(34(26(3)4)35(41)51-6-2)53(48,49)32-22-12-10-20-30(32)39(44)45/h7-12,15-16,19-22,26,34H,5-6,23-25H2,1-4H3/t34-/m0/s1. The van der Waals surface area contributed by atoms with E-state index in [1.165, 1.54) is 31.2 Å². The molecule has 1 atom stereocenters. The highest BCUT2D eigenvalue weighted by Crippen LogP contribution is 2.30. The molecule has 3 rings (SSSR count). The van der Waals surface area contributed by atoms with Gasteiger partial charge in [0.05, 0.1) is 36.1 Å². The van der Waals surface area contributed by atoms with Crippen molar-refractivity contribution < 1.29 is 45.7 Å². The van der Waals surface area contributed by atoms with Gasteiger partial charge in [-0.15, -0.1) is 0 Å². The Morgan fingerprint density at radius 3 is 1.64 bits per heavy atom. The molecule has 3 aromatic rings. The van der Waals surface area contributed by atoms with Crippen LogP contribution < -0.4 is 0 Å². The van der Waals surface area contributed by atoms with E-state index in [1.54, 1.807) is 45.0 Å². The van der Waals surface area contributed by atoms with E-state index in [1.807, 2.05) is 0 Å². The number of carbonyl (C=O) groups excluding carboxylic acids is 2. The Bertz CT molecular complexity index is 2200. The highest BCUT2D eigenvalue weighted by Gasteiger charge is 2.41. The summed E-state index contributed by atoms with van der Waals surface area (Å²) >= 11 is 0. The Morgan fingerprint density at radius 2 is 1.17 bits per heavy atom. The molecule has 280 valence electrons. The van der Waals surface area contributed by atoms with Crippen molar-refractivity contribution in [3.8, 4) is 23.7 Å². The first kappa shape index (κ1) is 41.8. The zero-order chi connectivity index (χ0) is 39.3. The van der Waals surface area contributed by atoms with E-state index in [0.717, 1.165) is 28.6 Å². The van der Waals surface area contributed by atoms with E-state index in [9.17, 15) is 46.7 Å². The van der Waals surface area contributed by atoms with Crippen LogP contribution in [0.25, 0.3) is 0 Å². The van der Waals surface area contributed by atoms with Gasteiger partial charge in [-0.1, -0.05) is 73.9 Å². The van der Waals surface area contributed by atoms with E-state index >= 15 is 0 Å². The van der Waals surface area contributed by atoms with Crippen molar-refractivity contribution in [1.29, 1.82) is 0 Å². The topological polar surface area (TPSA) is 214 Å². The fraction of sp³-hybridized carbons (Fsp3) is 0.314. The molecule has 0 N–H and O–H groups in total. The highest BCUT2D eigenvalue weighted by molar-refractivity contribution is 7.89. The second kappa shape index (κ2) is 18.7. The number of sulfonamides is 2. The first-order chi connectivity index (χ1) is 25.1. The molecule has 0 aliphatic carbocycles. The number of rotatable bonds is 15. The quantitative estimate of drug-likeness (QED) is 0.0936. The third-order valence-corrected chi connectivity index (χ3v) is 11.0. The van der Waals surface area contributed by atoms with Crippen molar-refractivity contribution in [2.45, 2.75) is 43.5 Å². The molecule has 0 aliphatic heterocycles. The predicted octanol–water partition coefficient (Wildman–Crippen LogP) is 3.74. The Labute approximate surface area is 307 Å². The first-order valence-corrected chi connectivity index (χ1v) is 18.8.